The van der Waals surface area contributed by atoms with Gasteiger partial charge in [0.15, 0.2) is 0 Å². The van der Waals surface area contributed by atoms with E-state index in [1.54, 1.807) is 12.1 Å². The molecule has 5 heteroatoms. The Morgan fingerprint density at radius 2 is 1.92 bits per heavy atom. The molecule has 0 bridgehead atoms. The average Bonchev–Trinajstić information content (AvgIpc) is 2.04. The smallest absolute Gasteiger partial charge is 0.287 e. The Morgan fingerprint density at radius 1 is 1.33 bits per heavy atom. The standard InChI is InChI=1S/C7H5Cl2NO2/c8-10(9)7(12)5-3-1-2-4-6(5)11/h1-4,11H. The van der Waals surface area contributed by atoms with Crippen molar-refractivity contribution in [2.24, 2.45) is 0 Å². The van der Waals surface area contributed by atoms with Gasteiger partial charge in [-0.1, -0.05) is 12.1 Å². The van der Waals surface area contributed by atoms with E-state index < -0.39 is 5.91 Å². The van der Waals surface area contributed by atoms with Crippen LogP contribution < -0.4 is 0 Å². The van der Waals surface area contributed by atoms with Crippen molar-refractivity contribution in [3.63, 3.8) is 0 Å². The normalized spacial score (nSPS) is 9.50. The highest BCUT2D eigenvalue weighted by Crippen LogP contribution is 2.19. The summed E-state index contributed by atoms with van der Waals surface area (Å²) in [5.74, 6) is -0.801. The van der Waals surface area contributed by atoms with Crippen LogP contribution in [-0.4, -0.2) is 15.0 Å². The molecule has 64 valence electrons. The summed E-state index contributed by atoms with van der Waals surface area (Å²) in [6, 6.07) is 6.00. The molecule has 0 aromatic heterocycles. The number of hydrogen-bond acceptors (Lipinski definition) is 2. The van der Waals surface area contributed by atoms with Gasteiger partial charge in [-0.2, -0.15) is 3.94 Å². The largest absolute Gasteiger partial charge is 0.507 e. The molecule has 1 amide bonds. The molecule has 1 rings (SSSR count). The van der Waals surface area contributed by atoms with Crippen molar-refractivity contribution in [1.82, 2.24) is 3.94 Å². The third-order valence-corrected chi connectivity index (χ3v) is 1.60. The van der Waals surface area contributed by atoms with Crippen LogP contribution in [0.15, 0.2) is 24.3 Å². The van der Waals surface area contributed by atoms with Gasteiger partial charge in [0, 0.05) is 23.6 Å². The molecule has 0 radical (unpaired) electrons. The number of phenolic OH excluding ortho intramolecular Hbond substituents is 1. The molecule has 1 N–H and O–H groups in total. The summed E-state index contributed by atoms with van der Waals surface area (Å²) >= 11 is 10.3. The number of rotatable bonds is 1. The number of halogens is 2. The third kappa shape index (κ3) is 1.81. The van der Waals surface area contributed by atoms with E-state index in [-0.39, 0.29) is 11.3 Å². The fourth-order valence-corrected chi connectivity index (χ4v) is 0.928. The van der Waals surface area contributed by atoms with Gasteiger partial charge in [0.25, 0.3) is 5.91 Å². The van der Waals surface area contributed by atoms with E-state index in [0.29, 0.717) is 3.94 Å². The number of nitrogens with zero attached hydrogens (tertiary/aromatic N) is 1. The third-order valence-electron chi connectivity index (χ3n) is 1.29. The molecule has 0 heterocycles. The fourth-order valence-electron chi connectivity index (χ4n) is 0.746. The van der Waals surface area contributed by atoms with Crippen molar-refractivity contribution in [1.29, 1.82) is 0 Å². The molecule has 1 aromatic carbocycles. The van der Waals surface area contributed by atoms with Crippen molar-refractivity contribution < 1.29 is 9.90 Å². The molecule has 0 fully saturated rings. The quantitative estimate of drug-likeness (QED) is 0.715. The number of amides is 1. The van der Waals surface area contributed by atoms with E-state index in [1.807, 2.05) is 0 Å². The van der Waals surface area contributed by atoms with Crippen LogP contribution in [-0.2, 0) is 0 Å². The molecule has 0 spiro atoms. The summed E-state index contributed by atoms with van der Waals surface area (Å²) in [6.07, 6.45) is 0. The van der Waals surface area contributed by atoms with E-state index in [0.717, 1.165) is 0 Å². The van der Waals surface area contributed by atoms with Crippen LogP contribution in [0, 0.1) is 0 Å². The Morgan fingerprint density at radius 3 is 2.42 bits per heavy atom. The van der Waals surface area contributed by atoms with Gasteiger partial charge in [0.05, 0.1) is 5.56 Å². The summed E-state index contributed by atoms with van der Waals surface area (Å²) in [6.45, 7) is 0. The number of benzene rings is 1. The van der Waals surface area contributed by atoms with Crippen LogP contribution in [0.5, 0.6) is 5.75 Å². The average molecular weight is 206 g/mol. The van der Waals surface area contributed by atoms with Crippen LogP contribution >= 0.6 is 23.6 Å². The lowest BCUT2D eigenvalue weighted by Gasteiger charge is -2.04. The van der Waals surface area contributed by atoms with Gasteiger partial charge in [0.1, 0.15) is 5.75 Å². The lowest BCUT2D eigenvalue weighted by Crippen LogP contribution is -2.10. The summed E-state index contributed by atoms with van der Waals surface area (Å²) in [4.78, 5) is 11.1. The first kappa shape index (κ1) is 9.16. The van der Waals surface area contributed by atoms with E-state index in [2.05, 4.69) is 0 Å². The predicted octanol–water partition coefficient (Wildman–Crippen LogP) is 2.14. The topological polar surface area (TPSA) is 40.5 Å². The number of carbonyl (C=O) groups excluding carboxylic acids is 1. The maximum atomic E-state index is 11.1. The van der Waals surface area contributed by atoms with Crippen LogP contribution in [0.4, 0.5) is 0 Å². The Balaban J connectivity index is 3.03. The minimum atomic E-state index is -0.656. The van der Waals surface area contributed by atoms with E-state index >= 15 is 0 Å². The van der Waals surface area contributed by atoms with Crippen molar-refractivity contribution in [3.05, 3.63) is 29.8 Å². The lowest BCUT2D eigenvalue weighted by atomic mass is 10.2. The van der Waals surface area contributed by atoms with Crippen LogP contribution in [0.2, 0.25) is 0 Å². The molecule has 0 saturated carbocycles. The van der Waals surface area contributed by atoms with Gasteiger partial charge in [-0.15, -0.1) is 0 Å². The van der Waals surface area contributed by atoms with Crippen LogP contribution in [0.1, 0.15) is 10.4 Å². The number of phenols is 1. The Hall–Kier alpha value is -0.930. The molecule has 12 heavy (non-hydrogen) atoms. The minimum Gasteiger partial charge on any atom is -0.507 e. The molecule has 3 nitrogen and oxygen atoms in total. The van der Waals surface area contributed by atoms with Crippen LogP contribution in [0.25, 0.3) is 0 Å². The van der Waals surface area contributed by atoms with Gasteiger partial charge >= 0.3 is 0 Å². The van der Waals surface area contributed by atoms with Crippen molar-refractivity contribution in [2.45, 2.75) is 0 Å². The minimum absolute atomic E-state index is 0.0718. The number of carbonyl (C=O) groups is 1. The highest BCUT2D eigenvalue weighted by Gasteiger charge is 2.14. The van der Waals surface area contributed by atoms with Gasteiger partial charge in [-0.3, -0.25) is 4.79 Å². The van der Waals surface area contributed by atoms with Crippen LogP contribution in [0.3, 0.4) is 0 Å². The van der Waals surface area contributed by atoms with Crippen molar-refractivity contribution in [3.8, 4) is 5.75 Å². The maximum Gasteiger partial charge on any atom is 0.287 e. The second-order valence-electron chi connectivity index (χ2n) is 2.06. The zero-order valence-electron chi connectivity index (χ0n) is 5.87. The zero-order valence-corrected chi connectivity index (χ0v) is 7.38. The molecule has 0 aliphatic rings. The molecule has 1 aromatic rings. The summed E-state index contributed by atoms with van der Waals surface area (Å²) < 4.78 is 0.370. The summed E-state index contributed by atoms with van der Waals surface area (Å²) in [5.41, 5.74) is 0.0718. The first-order chi connectivity index (χ1) is 5.63. The molecule has 0 aliphatic heterocycles. The number of para-hydroxylation sites is 1. The first-order valence-corrected chi connectivity index (χ1v) is 3.74. The molecular weight excluding hydrogens is 201 g/mol. The maximum absolute atomic E-state index is 11.1. The first-order valence-electron chi connectivity index (χ1n) is 3.07. The van der Waals surface area contributed by atoms with E-state index in [4.69, 9.17) is 28.7 Å². The highest BCUT2D eigenvalue weighted by atomic mass is 35.5. The highest BCUT2D eigenvalue weighted by molar-refractivity contribution is 6.43. The van der Waals surface area contributed by atoms with Gasteiger partial charge in [-0.25, -0.2) is 0 Å². The molecule has 0 atom stereocenters. The van der Waals surface area contributed by atoms with Crippen molar-refractivity contribution >= 4 is 29.5 Å². The zero-order chi connectivity index (χ0) is 9.14. The van der Waals surface area contributed by atoms with E-state index in [1.165, 1.54) is 12.1 Å². The second-order valence-corrected chi connectivity index (χ2v) is 2.90. The molecule has 0 aliphatic carbocycles. The van der Waals surface area contributed by atoms with E-state index in [9.17, 15) is 4.79 Å². The predicted molar refractivity (Wildman–Crippen MR) is 46.0 cm³/mol. The lowest BCUT2D eigenvalue weighted by molar-refractivity contribution is 0.0921. The Labute approximate surface area is 79.3 Å². The molecular formula is C7H5Cl2NO2. The number of aromatic hydroxyl groups is 1. The second kappa shape index (κ2) is 3.65. The molecule has 0 saturated heterocycles. The number of hydrogen-bond donors (Lipinski definition) is 1. The fraction of sp³-hybridized carbons (Fsp3) is 0. The Bertz CT molecular complexity index is 301. The Kier molecular flexibility index (Phi) is 2.78. The van der Waals surface area contributed by atoms with Gasteiger partial charge in [-0.05, 0) is 12.1 Å². The SMILES string of the molecule is O=C(c1ccccc1O)N(Cl)Cl. The van der Waals surface area contributed by atoms with Crippen molar-refractivity contribution in [2.75, 3.05) is 0 Å². The summed E-state index contributed by atoms with van der Waals surface area (Å²) in [7, 11) is 0. The summed E-state index contributed by atoms with van der Waals surface area (Å²) in [5, 5.41) is 9.17. The monoisotopic (exact) mass is 205 g/mol. The van der Waals surface area contributed by atoms with Gasteiger partial charge < -0.3 is 5.11 Å². The molecule has 0 unspecified atom stereocenters. The van der Waals surface area contributed by atoms with Gasteiger partial charge in [0.2, 0.25) is 0 Å².